The molecule has 0 atom stereocenters. The lowest BCUT2D eigenvalue weighted by atomic mass is 10.2. The summed E-state index contributed by atoms with van der Waals surface area (Å²) in [5.74, 6) is -0.449. The van der Waals surface area contributed by atoms with Gasteiger partial charge in [0.25, 0.3) is 0 Å². The van der Waals surface area contributed by atoms with Crippen LogP contribution in [0, 0.1) is 0 Å². The highest BCUT2D eigenvalue weighted by atomic mass is 35.5. The molecule has 2 N–H and O–H groups in total. The zero-order valence-corrected chi connectivity index (χ0v) is 9.12. The number of ether oxygens (including phenoxy) is 1. The number of hydrogen-bond acceptors (Lipinski definition) is 3. The molecule has 0 bridgehead atoms. The molecule has 0 saturated heterocycles. The second kappa shape index (κ2) is 5.41. The average Bonchev–Trinajstić information content (AvgIpc) is 2.14. The standard InChI is InChI=1S/C11H12ClNO2/c1-8(13)5-11(14)15-7-9-3-2-4-10(12)6-9/h2-6H,7,13H2,1H3/b8-5-. The van der Waals surface area contributed by atoms with Crippen molar-refractivity contribution in [2.24, 2.45) is 5.73 Å². The Bertz CT molecular complexity index is 384. The molecule has 0 heterocycles. The fourth-order valence-corrected chi connectivity index (χ4v) is 1.22. The van der Waals surface area contributed by atoms with Crippen LogP contribution in [0.4, 0.5) is 0 Å². The average molecular weight is 226 g/mol. The van der Waals surface area contributed by atoms with Crippen LogP contribution in [0.25, 0.3) is 0 Å². The largest absolute Gasteiger partial charge is 0.458 e. The first-order chi connectivity index (χ1) is 7.08. The van der Waals surface area contributed by atoms with E-state index in [9.17, 15) is 4.79 Å². The van der Waals surface area contributed by atoms with E-state index in [2.05, 4.69) is 0 Å². The Morgan fingerprint density at radius 1 is 1.60 bits per heavy atom. The van der Waals surface area contributed by atoms with Gasteiger partial charge in [0.1, 0.15) is 6.61 Å². The van der Waals surface area contributed by atoms with Crippen LogP contribution in [0.5, 0.6) is 0 Å². The Morgan fingerprint density at radius 2 is 2.33 bits per heavy atom. The second-order valence-electron chi connectivity index (χ2n) is 3.13. The third-order valence-electron chi connectivity index (χ3n) is 1.62. The van der Waals surface area contributed by atoms with Gasteiger partial charge in [-0.25, -0.2) is 4.79 Å². The zero-order valence-electron chi connectivity index (χ0n) is 8.37. The summed E-state index contributed by atoms with van der Waals surface area (Å²) in [6, 6.07) is 7.14. The fraction of sp³-hybridized carbons (Fsp3) is 0.182. The van der Waals surface area contributed by atoms with Gasteiger partial charge in [0, 0.05) is 16.8 Å². The lowest BCUT2D eigenvalue weighted by Crippen LogP contribution is -2.04. The molecule has 0 aliphatic rings. The molecule has 15 heavy (non-hydrogen) atoms. The molecular formula is C11H12ClNO2. The molecule has 0 aromatic heterocycles. The number of benzene rings is 1. The molecule has 4 heteroatoms. The first-order valence-electron chi connectivity index (χ1n) is 4.43. The molecule has 0 radical (unpaired) electrons. The molecule has 0 amide bonds. The van der Waals surface area contributed by atoms with Crippen LogP contribution < -0.4 is 5.73 Å². The lowest BCUT2D eigenvalue weighted by Gasteiger charge is -2.02. The van der Waals surface area contributed by atoms with E-state index in [0.29, 0.717) is 10.7 Å². The number of halogens is 1. The van der Waals surface area contributed by atoms with Gasteiger partial charge < -0.3 is 10.5 Å². The summed E-state index contributed by atoms with van der Waals surface area (Å²) in [6.07, 6.45) is 1.24. The van der Waals surface area contributed by atoms with Crippen LogP contribution in [-0.4, -0.2) is 5.97 Å². The number of esters is 1. The monoisotopic (exact) mass is 225 g/mol. The van der Waals surface area contributed by atoms with Crippen molar-refractivity contribution in [1.29, 1.82) is 0 Å². The number of hydrogen-bond donors (Lipinski definition) is 1. The van der Waals surface area contributed by atoms with Crippen molar-refractivity contribution in [3.05, 3.63) is 46.6 Å². The van der Waals surface area contributed by atoms with E-state index >= 15 is 0 Å². The van der Waals surface area contributed by atoms with Gasteiger partial charge >= 0.3 is 5.97 Å². The quantitative estimate of drug-likeness (QED) is 0.634. The second-order valence-corrected chi connectivity index (χ2v) is 3.56. The van der Waals surface area contributed by atoms with Crippen molar-refractivity contribution in [2.45, 2.75) is 13.5 Å². The van der Waals surface area contributed by atoms with Crippen molar-refractivity contribution >= 4 is 17.6 Å². The predicted octanol–water partition coefficient (Wildman–Crippen LogP) is 2.25. The maximum absolute atomic E-state index is 11.1. The van der Waals surface area contributed by atoms with Gasteiger partial charge in [-0.2, -0.15) is 0 Å². The smallest absolute Gasteiger partial charge is 0.332 e. The van der Waals surface area contributed by atoms with Crippen LogP contribution in [0.2, 0.25) is 5.02 Å². The summed E-state index contributed by atoms with van der Waals surface area (Å²) < 4.78 is 4.94. The summed E-state index contributed by atoms with van der Waals surface area (Å²) in [6.45, 7) is 1.82. The number of nitrogens with two attached hydrogens (primary N) is 1. The lowest BCUT2D eigenvalue weighted by molar-refractivity contribution is -0.139. The van der Waals surface area contributed by atoms with Gasteiger partial charge in [-0.3, -0.25) is 0 Å². The summed E-state index contributed by atoms with van der Waals surface area (Å²) in [4.78, 5) is 11.1. The predicted molar refractivity (Wildman–Crippen MR) is 59.2 cm³/mol. The molecule has 0 unspecified atom stereocenters. The molecule has 1 rings (SSSR count). The molecule has 0 spiro atoms. The van der Waals surface area contributed by atoms with Gasteiger partial charge in [0.2, 0.25) is 0 Å². The highest BCUT2D eigenvalue weighted by Crippen LogP contribution is 2.11. The van der Waals surface area contributed by atoms with Crippen LogP contribution >= 0.6 is 11.6 Å². The Kier molecular flexibility index (Phi) is 4.18. The molecule has 0 aliphatic carbocycles. The first kappa shape index (κ1) is 11.6. The minimum absolute atomic E-state index is 0.198. The van der Waals surface area contributed by atoms with Crippen molar-refractivity contribution < 1.29 is 9.53 Å². The summed E-state index contributed by atoms with van der Waals surface area (Å²) >= 11 is 5.77. The van der Waals surface area contributed by atoms with Crippen LogP contribution in [0.15, 0.2) is 36.0 Å². The normalized spacial score (nSPS) is 11.2. The third-order valence-corrected chi connectivity index (χ3v) is 1.85. The number of carbonyl (C=O) groups is 1. The maximum Gasteiger partial charge on any atom is 0.332 e. The van der Waals surface area contributed by atoms with Gasteiger partial charge in [0.05, 0.1) is 0 Å². The van der Waals surface area contributed by atoms with Crippen LogP contribution in [0.3, 0.4) is 0 Å². The van der Waals surface area contributed by atoms with E-state index in [0.717, 1.165) is 5.56 Å². The minimum Gasteiger partial charge on any atom is -0.458 e. The first-order valence-corrected chi connectivity index (χ1v) is 4.80. The van der Waals surface area contributed by atoms with Crippen LogP contribution in [-0.2, 0) is 16.1 Å². The van der Waals surface area contributed by atoms with E-state index in [1.807, 2.05) is 6.07 Å². The van der Waals surface area contributed by atoms with E-state index < -0.39 is 5.97 Å². The van der Waals surface area contributed by atoms with E-state index in [4.69, 9.17) is 22.1 Å². The van der Waals surface area contributed by atoms with Gasteiger partial charge in [-0.1, -0.05) is 23.7 Å². The number of allylic oxidation sites excluding steroid dienone is 1. The molecule has 0 aliphatic heterocycles. The van der Waals surface area contributed by atoms with Crippen molar-refractivity contribution in [2.75, 3.05) is 0 Å². The summed E-state index contributed by atoms with van der Waals surface area (Å²) in [5, 5.41) is 0.620. The van der Waals surface area contributed by atoms with Gasteiger partial charge in [-0.05, 0) is 24.6 Å². The van der Waals surface area contributed by atoms with Gasteiger partial charge in [0.15, 0.2) is 0 Å². The number of rotatable bonds is 3. The molecule has 3 nitrogen and oxygen atoms in total. The van der Waals surface area contributed by atoms with Crippen molar-refractivity contribution in [1.82, 2.24) is 0 Å². The summed E-state index contributed by atoms with van der Waals surface area (Å²) in [5.41, 5.74) is 6.59. The SMILES string of the molecule is C/C(N)=C/C(=O)OCc1cccc(Cl)c1. The molecule has 1 aromatic rings. The van der Waals surface area contributed by atoms with E-state index in [-0.39, 0.29) is 6.61 Å². The highest BCUT2D eigenvalue weighted by Gasteiger charge is 1.99. The van der Waals surface area contributed by atoms with Crippen molar-refractivity contribution in [3.8, 4) is 0 Å². The summed E-state index contributed by atoms with van der Waals surface area (Å²) in [7, 11) is 0. The zero-order chi connectivity index (χ0) is 11.3. The fourth-order valence-electron chi connectivity index (χ4n) is 1.01. The molecule has 0 fully saturated rings. The minimum atomic E-state index is -0.449. The Labute approximate surface area is 93.5 Å². The molecule has 1 aromatic carbocycles. The Balaban J connectivity index is 2.51. The van der Waals surface area contributed by atoms with Crippen molar-refractivity contribution in [3.63, 3.8) is 0 Å². The highest BCUT2D eigenvalue weighted by molar-refractivity contribution is 6.30. The molecule has 0 saturated carbocycles. The Hall–Kier alpha value is -1.48. The molecular weight excluding hydrogens is 214 g/mol. The van der Waals surface area contributed by atoms with Gasteiger partial charge in [-0.15, -0.1) is 0 Å². The van der Waals surface area contributed by atoms with E-state index in [1.54, 1.807) is 25.1 Å². The van der Waals surface area contributed by atoms with E-state index in [1.165, 1.54) is 6.08 Å². The Morgan fingerprint density at radius 3 is 2.93 bits per heavy atom. The number of carbonyl (C=O) groups excluding carboxylic acids is 1. The molecule has 80 valence electrons. The van der Waals surface area contributed by atoms with Crippen LogP contribution in [0.1, 0.15) is 12.5 Å². The topological polar surface area (TPSA) is 52.3 Å². The maximum atomic E-state index is 11.1. The third kappa shape index (κ3) is 4.51.